The number of hydrogen-bond donors (Lipinski definition) is 1. The molecule has 27 heavy (non-hydrogen) atoms. The number of fused-ring (bicyclic) bond motifs is 1. The lowest BCUT2D eigenvalue weighted by molar-refractivity contribution is 0.0491. The van der Waals surface area contributed by atoms with E-state index in [0.717, 1.165) is 49.8 Å². The molecule has 6 heteroatoms. The maximum absolute atomic E-state index is 9.60. The number of nitrogens with zero attached hydrogens (tertiary/aromatic N) is 4. The number of imidazole rings is 1. The van der Waals surface area contributed by atoms with Crippen molar-refractivity contribution in [2.24, 2.45) is 0 Å². The summed E-state index contributed by atoms with van der Waals surface area (Å²) < 4.78 is 2.22. The summed E-state index contributed by atoms with van der Waals surface area (Å²) in [5, 5.41) is 11.7. The topological polar surface area (TPSA) is 44.0 Å². The molecule has 1 atom stereocenters. The van der Waals surface area contributed by atoms with Gasteiger partial charge in [0.05, 0.1) is 11.4 Å². The lowest BCUT2D eigenvalue weighted by atomic mass is 10.0. The molecule has 1 unspecified atom stereocenters. The molecule has 1 aliphatic rings. The highest BCUT2D eigenvalue weighted by atomic mass is 32.1. The van der Waals surface area contributed by atoms with Gasteiger partial charge in [0, 0.05) is 56.9 Å². The van der Waals surface area contributed by atoms with Crippen molar-refractivity contribution < 1.29 is 5.11 Å². The van der Waals surface area contributed by atoms with Crippen LogP contribution in [0.2, 0.25) is 0 Å². The number of benzene rings is 1. The minimum absolute atomic E-state index is 0.239. The summed E-state index contributed by atoms with van der Waals surface area (Å²) in [6.45, 7) is 9.48. The van der Waals surface area contributed by atoms with E-state index in [9.17, 15) is 5.11 Å². The average Bonchev–Trinajstić information content (AvgIpc) is 3.21. The molecule has 1 aromatic carbocycles. The van der Waals surface area contributed by atoms with Crippen LogP contribution in [0, 0.1) is 13.8 Å². The van der Waals surface area contributed by atoms with Gasteiger partial charge in [0.1, 0.15) is 0 Å². The quantitative estimate of drug-likeness (QED) is 0.709. The molecule has 5 nitrogen and oxygen atoms in total. The largest absolute Gasteiger partial charge is 0.396 e. The van der Waals surface area contributed by atoms with E-state index in [-0.39, 0.29) is 6.61 Å². The van der Waals surface area contributed by atoms with Gasteiger partial charge in [-0.25, -0.2) is 4.98 Å². The van der Waals surface area contributed by atoms with Crippen molar-refractivity contribution in [3.63, 3.8) is 0 Å². The van der Waals surface area contributed by atoms with Crippen LogP contribution < -0.4 is 0 Å². The highest BCUT2D eigenvalue weighted by Crippen LogP contribution is 2.22. The maximum atomic E-state index is 9.60. The van der Waals surface area contributed by atoms with Gasteiger partial charge in [0.15, 0.2) is 4.96 Å². The number of aryl methyl sites for hydroxylation is 2. The number of aliphatic hydroxyl groups is 1. The van der Waals surface area contributed by atoms with E-state index in [1.165, 1.54) is 16.8 Å². The molecule has 1 N–H and O–H groups in total. The van der Waals surface area contributed by atoms with Crippen molar-refractivity contribution in [2.75, 3.05) is 26.2 Å². The van der Waals surface area contributed by atoms with E-state index in [0.29, 0.717) is 6.04 Å². The Morgan fingerprint density at radius 3 is 2.85 bits per heavy atom. The molecule has 0 spiro atoms. The van der Waals surface area contributed by atoms with E-state index in [2.05, 4.69) is 68.9 Å². The molecule has 3 heterocycles. The van der Waals surface area contributed by atoms with Gasteiger partial charge in [-0.15, -0.1) is 11.3 Å². The van der Waals surface area contributed by atoms with Crippen molar-refractivity contribution in [3.8, 4) is 0 Å². The highest BCUT2D eigenvalue weighted by Gasteiger charge is 2.28. The molecule has 0 amide bonds. The van der Waals surface area contributed by atoms with Crippen molar-refractivity contribution in [1.82, 2.24) is 19.2 Å². The number of aromatic nitrogens is 2. The summed E-state index contributed by atoms with van der Waals surface area (Å²) in [6, 6.07) is 9.01. The third kappa shape index (κ3) is 3.94. The Bertz CT molecular complexity index is 903. The lowest BCUT2D eigenvalue weighted by Crippen LogP contribution is -2.52. The van der Waals surface area contributed by atoms with Gasteiger partial charge < -0.3 is 5.11 Å². The smallest absolute Gasteiger partial charge is 0.194 e. The minimum Gasteiger partial charge on any atom is -0.396 e. The number of hydrogen-bond acceptors (Lipinski definition) is 5. The van der Waals surface area contributed by atoms with Crippen molar-refractivity contribution in [3.05, 3.63) is 58.4 Å². The van der Waals surface area contributed by atoms with Crippen molar-refractivity contribution >= 4 is 16.3 Å². The molecule has 0 saturated carbocycles. The van der Waals surface area contributed by atoms with E-state index >= 15 is 0 Å². The zero-order valence-electron chi connectivity index (χ0n) is 16.1. The monoisotopic (exact) mass is 384 g/mol. The summed E-state index contributed by atoms with van der Waals surface area (Å²) in [4.78, 5) is 10.8. The van der Waals surface area contributed by atoms with Crippen LogP contribution >= 0.6 is 11.3 Å². The van der Waals surface area contributed by atoms with E-state index in [1.54, 1.807) is 11.3 Å². The first-order valence-corrected chi connectivity index (χ1v) is 10.6. The van der Waals surface area contributed by atoms with E-state index < -0.39 is 0 Å². The number of piperazine rings is 1. The standard InChI is InChI=1S/C21H28N4OS/c1-16-5-3-4-6-18(16)13-24-9-8-23(14-19(24)7-11-26)15-20-17(2)22-21-25(20)10-12-27-21/h3-6,10,12,19,26H,7-9,11,13-15H2,1-2H3. The molecule has 2 aromatic heterocycles. The van der Waals surface area contributed by atoms with E-state index in [4.69, 9.17) is 0 Å². The molecule has 1 fully saturated rings. The predicted molar refractivity (Wildman–Crippen MR) is 110 cm³/mol. The van der Waals surface area contributed by atoms with Crippen LogP contribution in [0.15, 0.2) is 35.8 Å². The Labute approximate surface area is 164 Å². The third-order valence-electron chi connectivity index (χ3n) is 5.72. The summed E-state index contributed by atoms with van der Waals surface area (Å²) >= 11 is 1.69. The van der Waals surface area contributed by atoms with Gasteiger partial charge in [-0.2, -0.15) is 0 Å². The summed E-state index contributed by atoms with van der Waals surface area (Å²) in [7, 11) is 0. The predicted octanol–water partition coefficient (Wildman–Crippen LogP) is 3.08. The molecule has 1 aliphatic heterocycles. The van der Waals surface area contributed by atoms with Crippen LogP contribution in [-0.4, -0.2) is 56.6 Å². The first-order valence-electron chi connectivity index (χ1n) is 9.68. The second-order valence-corrected chi connectivity index (χ2v) is 8.37. The third-order valence-corrected chi connectivity index (χ3v) is 6.48. The molecule has 0 aliphatic carbocycles. The Hall–Kier alpha value is -1.73. The Morgan fingerprint density at radius 1 is 1.19 bits per heavy atom. The van der Waals surface area contributed by atoms with Crippen LogP contribution in [0.3, 0.4) is 0 Å². The zero-order valence-corrected chi connectivity index (χ0v) is 17.0. The lowest BCUT2D eigenvalue weighted by Gasteiger charge is -2.41. The molecule has 4 rings (SSSR count). The summed E-state index contributed by atoms with van der Waals surface area (Å²) in [5.41, 5.74) is 5.15. The number of thiazole rings is 1. The average molecular weight is 385 g/mol. The molecular weight excluding hydrogens is 356 g/mol. The minimum atomic E-state index is 0.239. The number of rotatable bonds is 6. The summed E-state index contributed by atoms with van der Waals surface area (Å²) in [5.74, 6) is 0. The van der Waals surface area contributed by atoms with Crippen LogP contribution in [0.5, 0.6) is 0 Å². The van der Waals surface area contributed by atoms with Gasteiger partial charge in [-0.3, -0.25) is 14.2 Å². The highest BCUT2D eigenvalue weighted by molar-refractivity contribution is 7.15. The molecule has 144 valence electrons. The van der Waals surface area contributed by atoms with Crippen molar-refractivity contribution in [1.29, 1.82) is 0 Å². The van der Waals surface area contributed by atoms with Crippen LogP contribution in [0.1, 0.15) is 28.9 Å². The molecule has 3 aromatic rings. The van der Waals surface area contributed by atoms with Gasteiger partial charge >= 0.3 is 0 Å². The molecule has 0 bridgehead atoms. The Balaban J connectivity index is 1.47. The summed E-state index contributed by atoms with van der Waals surface area (Å²) in [6.07, 6.45) is 2.94. The first kappa shape index (κ1) is 18.6. The van der Waals surface area contributed by atoms with Gasteiger partial charge in [-0.05, 0) is 31.4 Å². The molecular formula is C21H28N4OS. The SMILES string of the molecule is Cc1ccccc1CN1CCN(Cc2c(C)nc3sccn23)CC1CCO. The zero-order chi connectivity index (χ0) is 18.8. The maximum Gasteiger partial charge on any atom is 0.194 e. The molecule has 0 radical (unpaired) electrons. The van der Waals surface area contributed by atoms with Crippen LogP contribution in [0.4, 0.5) is 0 Å². The first-order chi connectivity index (χ1) is 13.2. The fourth-order valence-corrected chi connectivity index (χ4v) is 4.86. The Kier molecular flexibility index (Phi) is 5.59. The normalized spacial score (nSPS) is 19.1. The van der Waals surface area contributed by atoms with Crippen LogP contribution in [0.25, 0.3) is 4.96 Å². The van der Waals surface area contributed by atoms with Gasteiger partial charge in [-0.1, -0.05) is 24.3 Å². The van der Waals surface area contributed by atoms with Crippen molar-refractivity contribution in [2.45, 2.75) is 39.4 Å². The fourth-order valence-electron chi connectivity index (χ4n) is 4.08. The van der Waals surface area contributed by atoms with Gasteiger partial charge in [0.2, 0.25) is 0 Å². The van der Waals surface area contributed by atoms with Crippen LogP contribution in [-0.2, 0) is 13.1 Å². The molecule has 1 saturated heterocycles. The van der Waals surface area contributed by atoms with Gasteiger partial charge in [0.25, 0.3) is 0 Å². The fraction of sp³-hybridized carbons (Fsp3) is 0.476. The Morgan fingerprint density at radius 2 is 2.04 bits per heavy atom. The van der Waals surface area contributed by atoms with E-state index in [1.807, 2.05) is 0 Å². The second kappa shape index (κ2) is 8.10. The second-order valence-electron chi connectivity index (χ2n) is 7.50. The number of aliphatic hydroxyl groups excluding tert-OH is 1.